The SMILES string of the molecule is Oc1cc(O)c(C2=Nc3ccccc3S[C@@H](c3cccs3)C2)cc1C1=Nc2ccccc2S[C@H](c2cccs2)C1. The van der Waals surface area contributed by atoms with Gasteiger partial charge in [0, 0.05) is 60.1 Å². The maximum absolute atomic E-state index is 11.2. The second-order valence-corrected chi connectivity index (χ2v) is 14.0. The molecular formula is C32H24N2O2S4. The number of fused-ring (bicyclic) bond motifs is 2. The number of aromatic hydroxyl groups is 2. The molecular weight excluding hydrogens is 573 g/mol. The van der Waals surface area contributed by atoms with E-state index in [0.717, 1.165) is 32.6 Å². The van der Waals surface area contributed by atoms with Crippen molar-refractivity contribution in [1.82, 2.24) is 0 Å². The summed E-state index contributed by atoms with van der Waals surface area (Å²) >= 11 is 7.10. The molecule has 0 aliphatic carbocycles. The highest BCUT2D eigenvalue weighted by atomic mass is 32.2. The molecule has 198 valence electrons. The molecule has 0 fully saturated rings. The van der Waals surface area contributed by atoms with Crippen LogP contribution in [0.5, 0.6) is 11.5 Å². The van der Waals surface area contributed by atoms with E-state index in [4.69, 9.17) is 9.98 Å². The summed E-state index contributed by atoms with van der Waals surface area (Å²) in [6, 6.07) is 28.1. The Bertz CT molecular complexity index is 1620. The maximum Gasteiger partial charge on any atom is 0.128 e. The lowest BCUT2D eigenvalue weighted by molar-refractivity contribution is 0.449. The number of thioether (sulfide) groups is 2. The molecule has 3 aromatic carbocycles. The van der Waals surface area contributed by atoms with Gasteiger partial charge in [-0.1, -0.05) is 36.4 Å². The predicted molar refractivity (Wildman–Crippen MR) is 170 cm³/mol. The number of phenolic OH excluding ortho intramolecular Hbond substituents is 2. The lowest BCUT2D eigenvalue weighted by Crippen LogP contribution is -2.09. The molecule has 2 aliphatic rings. The van der Waals surface area contributed by atoms with Crippen molar-refractivity contribution in [3.63, 3.8) is 0 Å². The molecule has 0 unspecified atom stereocenters. The Labute approximate surface area is 249 Å². The van der Waals surface area contributed by atoms with Crippen LogP contribution in [0.25, 0.3) is 0 Å². The lowest BCUT2D eigenvalue weighted by atomic mass is 9.96. The van der Waals surface area contributed by atoms with Gasteiger partial charge in [0.2, 0.25) is 0 Å². The number of nitrogens with zero attached hydrogens (tertiary/aromatic N) is 2. The summed E-state index contributed by atoms with van der Waals surface area (Å²) in [4.78, 5) is 14.9. The summed E-state index contributed by atoms with van der Waals surface area (Å²) < 4.78 is 0. The summed E-state index contributed by atoms with van der Waals surface area (Å²) in [6.07, 6.45) is 1.31. The molecule has 0 amide bonds. The van der Waals surface area contributed by atoms with Gasteiger partial charge in [-0.2, -0.15) is 0 Å². The van der Waals surface area contributed by atoms with Crippen LogP contribution in [-0.2, 0) is 0 Å². The summed E-state index contributed by atoms with van der Waals surface area (Å²) in [5, 5.41) is 26.8. The van der Waals surface area contributed by atoms with Gasteiger partial charge in [0.05, 0.1) is 22.8 Å². The first-order chi connectivity index (χ1) is 19.6. The summed E-state index contributed by atoms with van der Waals surface area (Å²) in [7, 11) is 0. The highest BCUT2D eigenvalue weighted by Gasteiger charge is 2.28. The smallest absolute Gasteiger partial charge is 0.128 e. The molecule has 5 aromatic rings. The molecule has 2 atom stereocenters. The summed E-state index contributed by atoms with van der Waals surface area (Å²) in [5.74, 6) is 0.0428. The molecule has 2 N–H and O–H groups in total. The lowest BCUT2D eigenvalue weighted by Gasteiger charge is -2.17. The van der Waals surface area contributed by atoms with Gasteiger partial charge in [-0.15, -0.1) is 46.2 Å². The molecule has 4 nitrogen and oxygen atoms in total. The maximum atomic E-state index is 11.2. The standard InChI is InChI=1S/C32H24N2O2S4/c35-25-18-26(36)20(24-17-32(30-12-6-14-38-30)40-28-10-4-2-8-22(28)34-24)15-19(25)23-16-31(29-11-5-13-37-29)39-27-9-3-1-7-21(27)33-23/h1-15,18,31-32,35-36H,16-17H2/t31-,32+. The number of para-hydroxylation sites is 2. The number of thiophene rings is 2. The van der Waals surface area contributed by atoms with Gasteiger partial charge < -0.3 is 10.2 Å². The van der Waals surface area contributed by atoms with E-state index < -0.39 is 0 Å². The molecule has 7 rings (SSSR count). The molecule has 0 saturated carbocycles. The topological polar surface area (TPSA) is 65.2 Å². The monoisotopic (exact) mass is 596 g/mol. The Balaban J connectivity index is 1.35. The third kappa shape index (κ3) is 5.01. The van der Waals surface area contributed by atoms with Gasteiger partial charge in [-0.05, 0) is 53.2 Å². The average Bonchev–Trinajstić information content (AvgIpc) is 3.62. The quantitative estimate of drug-likeness (QED) is 0.217. The minimum absolute atomic E-state index is 0.0214. The van der Waals surface area contributed by atoms with E-state index in [1.54, 1.807) is 22.7 Å². The summed E-state index contributed by atoms with van der Waals surface area (Å²) in [6.45, 7) is 0. The first-order valence-electron chi connectivity index (χ1n) is 12.9. The average molecular weight is 597 g/mol. The second kappa shape index (κ2) is 10.9. The summed E-state index contributed by atoms with van der Waals surface area (Å²) in [5.41, 5.74) is 4.65. The Morgan fingerprint density at radius 2 is 1.05 bits per heavy atom. The van der Waals surface area contributed by atoms with Crippen LogP contribution < -0.4 is 0 Å². The Morgan fingerprint density at radius 1 is 0.575 bits per heavy atom. The van der Waals surface area contributed by atoms with Gasteiger partial charge in [-0.25, -0.2) is 0 Å². The molecule has 2 aliphatic heterocycles. The first-order valence-corrected chi connectivity index (χ1v) is 16.4. The van der Waals surface area contributed by atoms with Crippen LogP contribution >= 0.6 is 46.2 Å². The third-order valence-corrected chi connectivity index (χ3v) is 11.9. The van der Waals surface area contributed by atoms with E-state index in [1.165, 1.54) is 15.8 Å². The zero-order chi connectivity index (χ0) is 27.1. The minimum atomic E-state index is 0.0214. The van der Waals surface area contributed by atoms with Gasteiger partial charge >= 0.3 is 0 Å². The van der Waals surface area contributed by atoms with Crippen molar-refractivity contribution in [3.8, 4) is 11.5 Å². The van der Waals surface area contributed by atoms with E-state index in [2.05, 4.69) is 47.2 Å². The van der Waals surface area contributed by atoms with Crippen LogP contribution in [0.2, 0.25) is 0 Å². The van der Waals surface area contributed by atoms with Crippen LogP contribution in [0, 0.1) is 0 Å². The Morgan fingerprint density at radius 3 is 1.50 bits per heavy atom. The molecule has 0 saturated heterocycles. The van der Waals surface area contributed by atoms with E-state index in [1.807, 2.05) is 66.0 Å². The predicted octanol–water partition coefficient (Wildman–Crippen LogP) is 9.94. The van der Waals surface area contributed by atoms with Crippen LogP contribution in [-0.4, -0.2) is 21.6 Å². The van der Waals surface area contributed by atoms with Gasteiger partial charge in [-0.3, -0.25) is 9.98 Å². The van der Waals surface area contributed by atoms with Crippen molar-refractivity contribution in [3.05, 3.63) is 117 Å². The fourth-order valence-corrected chi connectivity index (χ4v) is 9.37. The van der Waals surface area contributed by atoms with E-state index >= 15 is 0 Å². The molecule has 2 aromatic heterocycles. The Kier molecular flexibility index (Phi) is 7.01. The van der Waals surface area contributed by atoms with E-state index in [0.29, 0.717) is 24.0 Å². The van der Waals surface area contributed by atoms with Crippen LogP contribution in [0.1, 0.15) is 44.2 Å². The van der Waals surface area contributed by atoms with Crippen LogP contribution in [0.15, 0.2) is 115 Å². The second-order valence-electron chi connectivity index (χ2n) is 9.59. The van der Waals surface area contributed by atoms with Crippen molar-refractivity contribution in [2.24, 2.45) is 9.98 Å². The van der Waals surface area contributed by atoms with E-state index in [-0.39, 0.29) is 22.0 Å². The molecule has 4 heterocycles. The van der Waals surface area contributed by atoms with Gasteiger partial charge in [0.15, 0.2) is 0 Å². The number of hydrogen-bond acceptors (Lipinski definition) is 8. The number of benzene rings is 3. The number of rotatable bonds is 4. The zero-order valence-electron chi connectivity index (χ0n) is 21.2. The van der Waals surface area contributed by atoms with Crippen LogP contribution in [0.3, 0.4) is 0 Å². The van der Waals surface area contributed by atoms with Crippen molar-refractivity contribution in [2.75, 3.05) is 0 Å². The first kappa shape index (κ1) is 25.7. The van der Waals surface area contributed by atoms with Crippen molar-refractivity contribution in [2.45, 2.75) is 33.1 Å². The molecule has 40 heavy (non-hydrogen) atoms. The molecule has 0 spiro atoms. The number of phenols is 2. The largest absolute Gasteiger partial charge is 0.507 e. The van der Waals surface area contributed by atoms with E-state index in [9.17, 15) is 10.2 Å². The molecule has 8 heteroatoms. The minimum Gasteiger partial charge on any atom is -0.507 e. The van der Waals surface area contributed by atoms with Crippen molar-refractivity contribution < 1.29 is 10.2 Å². The fraction of sp³-hybridized carbons (Fsp3) is 0.125. The fourth-order valence-electron chi connectivity index (χ4n) is 5.07. The van der Waals surface area contributed by atoms with Crippen LogP contribution in [0.4, 0.5) is 11.4 Å². The van der Waals surface area contributed by atoms with Gasteiger partial charge in [0.1, 0.15) is 11.5 Å². The number of hydrogen-bond donors (Lipinski definition) is 2. The number of aliphatic imine (C=N–C) groups is 2. The Hall–Kier alpha value is -3.30. The van der Waals surface area contributed by atoms with Crippen molar-refractivity contribution >= 4 is 69.0 Å². The highest BCUT2D eigenvalue weighted by molar-refractivity contribution is 8.00. The van der Waals surface area contributed by atoms with Gasteiger partial charge in [0.25, 0.3) is 0 Å². The molecule has 0 radical (unpaired) electrons. The van der Waals surface area contributed by atoms with Crippen molar-refractivity contribution in [1.29, 1.82) is 0 Å². The third-order valence-electron chi connectivity index (χ3n) is 6.99. The highest BCUT2D eigenvalue weighted by Crippen LogP contribution is 2.49. The molecule has 0 bridgehead atoms. The zero-order valence-corrected chi connectivity index (χ0v) is 24.5. The normalized spacial score (nSPS) is 18.6.